The highest BCUT2D eigenvalue weighted by molar-refractivity contribution is 7.89. The van der Waals surface area contributed by atoms with Crippen molar-refractivity contribution in [2.24, 2.45) is 0 Å². The molecule has 2 saturated heterocycles. The molecule has 0 spiro atoms. The van der Waals surface area contributed by atoms with Crippen LogP contribution < -0.4 is 10.2 Å². The molecule has 10 heteroatoms. The lowest BCUT2D eigenvalue weighted by atomic mass is 10.2. The summed E-state index contributed by atoms with van der Waals surface area (Å²) in [4.78, 5) is 29.0. The first-order valence-electron chi connectivity index (χ1n) is 11.4. The van der Waals surface area contributed by atoms with Crippen LogP contribution in [-0.2, 0) is 19.6 Å². The van der Waals surface area contributed by atoms with E-state index in [4.69, 9.17) is 4.74 Å². The first kappa shape index (κ1) is 24.2. The number of amides is 2. The highest BCUT2D eigenvalue weighted by Crippen LogP contribution is 2.22. The molecule has 0 aliphatic carbocycles. The lowest BCUT2D eigenvalue weighted by Gasteiger charge is -2.28. The molecule has 1 N–H and O–H groups in total. The van der Waals surface area contributed by atoms with E-state index >= 15 is 0 Å². The number of morpholine rings is 1. The third-order valence-electron chi connectivity index (χ3n) is 6.04. The van der Waals surface area contributed by atoms with Gasteiger partial charge in [-0.2, -0.15) is 4.31 Å². The van der Waals surface area contributed by atoms with Crippen LogP contribution in [0, 0.1) is 0 Å². The van der Waals surface area contributed by atoms with Gasteiger partial charge >= 0.3 is 0 Å². The number of carbonyl (C=O) groups is 2. The third kappa shape index (κ3) is 5.57. The zero-order chi connectivity index (χ0) is 24.1. The molecule has 2 aromatic carbocycles. The van der Waals surface area contributed by atoms with E-state index in [2.05, 4.69) is 10.2 Å². The number of ether oxygens (including phenoxy) is 1. The van der Waals surface area contributed by atoms with Crippen molar-refractivity contribution in [3.8, 4) is 0 Å². The van der Waals surface area contributed by atoms with Crippen molar-refractivity contribution in [1.29, 1.82) is 0 Å². The number of nitrogens with zero attached hydrogens (tertiary/aromatic N) is 3. The van der Waals surface area contributed by atoms with Crippen LogP contribution in [0.25, 0.3) is 0 Å². The first-order chi connectivity index (χ1) is 16.3. The monoisotopic (exact) mass is 486 g/mol. The van der Waals surface area contributed by atoms with Gasteiger partial charge in [0, 0.05) is 50.2 Å². The van der Waals surface area contributed by atoms with Gasteiger partial charge in [-0.05, 0) is 55.3 Å². The van der Waals surface area contributed by atoms with Gasteiger partial charge in [0.05, 0.1) is 24.7 Å². The van der Waals surface area contributed by atoms with Gasteiger partial charge in [0.15, 0.2) is 0 Å². The molecule has 4 rings (SSSR count). The summed E-state index contributed by atoms with van der Waals surface area (Å²) in [6, 6.07) is 13.6. The Hall–Kier alpha value is -2.95. The molecule has 0 aromatic heterocycles. The van der Waals surface area contributed by atoms with Crippen molar-refractivity contribution in [3.63, 3.8) is 0 Å². The lowest BCUT2D eigenvalue weighted by Crippen LogP contribution is -2.36. The fourth-order valence-electron chi connectivity index (χ4n) is 4.15. The summed E-state index contributed by atoms with van der Waals surface area (Å²) in [6.07, 6.45) is 1.68. The minimum Gasteiger partial charge on any atom is -0.378 e. The van der Waals surface area contributed by atoms with Crippen LogP contribution in [0.3, 0.4) is 0 Å². The van der Waals surface area contributed by atoms with Crippen LogP contribution in [0.1, 0.15) is 23.2 Å². The predicted molar refractivity (Wildman–Crippen MR) is 129 cm³/mol. The second-order valence-electron chi connectivity index (χ2n) is 8.49. The van der Waals surface area contributed by atoms with E-state index in [0.29, 0.717) is 32.0 Å². The number of rotatable bonds is 7. The molecule has 2 amide bonds. The Balaban J connectivity index is 1.35. The highest BCUT2D eigenvalue weighted by Gasteiger charge is 2.28. The Morgan fingerprint density at radius 3 is 2.35 bits per heavy atom. The maximum atomic E-state index is 12.9. The minimum absolute atomic E-state index is 0.0958. The van der Waals surface area contributed by atoms with Crippen LogP contribution in [-0.4, -0.2) is 82.4 Å². The van der Waals surface area contributed by atoms with Gasteiger partial charge in [-0.25, -0.2) is 8.42 Å². The van der Waals surface area contributed by atoms with E-state index in [0.717, 1.165) is 31.6 Å². The van der Waals surface area contributed by atoms with Gasteiger partial charge in [0.25, 0.3) is 5.91 Å². The Bertz CT molecular complexity index is 1120. The Kier molecular flexibility index (Phi) is 7.50. The van der Waals surface area contributed by atoms with Crippen molar-refractivity contribution >= 4 is 33.2 Å². The molecule has 0 radical (unpaired) electrons. The average molecular weight is 487 g/mol. The molecule has 2 aliphatic heterocycles. The van der Waals surface area contributed by atoms with Gasteiger partial charge < -0.3 is 19.9 Å². The van der Waals surface area contributed by atoms with Crippen molar-refractivity contribution in [2.45, 2.75) is 17.7 Å². The Labute approximate surface area is 200 Å². The zero-order valence-electron chi connectivity index (χ0n) is 19.3. The van der Waals surface area contributed by atoms with Crippen LogP contribution in [0.4, 0.5) is 11.4 Å². The van der Waals surface area contributed by atoms with Crippen molar-refractivity contribution in [2.75, 3.05) is 63.2 Å². The molecule has 0 atom stereocenters. The van der Waals surface area contributed by atoms with E-state index < -0.39 is 15.9 Å². The van der Waals surface area contributed by atoms with Crippen molar-refractivity contribution in [1.82, 2.24) is 9.21 Å². The highest BCUT2D eigenvalue weighted by atomic mass is 32.2. The molecule has 0 saturated carbocycles. The summed E-state index contributed by atoms with van der Waals surface area (Å²) in [7, 11) is -2.10. The molecular formula is C24H30N4O5S. The number of likely N-dealkylation sites (N-methyl/N-ethyl adjacent to an activating group) is 1. The topological polar surface area (TPSA) is 99.3 Å². The summed E-state index contributed by atoms with van der Waals surface area (Å²) in [5.74, 6) is -0.757. The van der Waals surface area contributed by atoms with Crippen LogP contribution in [0.2, 0.25) is 0 Å². The molecule has 0 unspecified atom stereocenters. The van der Waals surface area contributed by atoms with Gasteiger partial charge in [-0.3, -0.25) is 9.59 Å². The van der Waals surface area contributed by atoms with Gasteiger partial charge in [0.1, 0.15) is 0 Å². The zero-order valence-corrected chi connectivity index (χ0v) is 20.1. The molecule has 0 bridgehead atoms. The number of nitrogens with one attached hydrogen (secondary N) is 1. The van der Waals surface area contributed by atoms with E-state index in [1.165, 1.54) is 28.4 Å². The Morgan fingerprint density at radius 2 is 1.68 bits per heavy atom. The Morgan fingerprint density at radius 1 is 1.00 bits per heavy atom. The van der Waals surface area contributed by atoms with Crippen molar-refractivity contribution in [3.05, 3.63) is 54.1 Å². The summed E-state index contributed by atoms with van der Waals surface area (Å²) < 4.78 is 32.4. The van der Waals surface area contributed by atoms with E-state index in [-0.39, 0.29) is 22.9 Å². The molecule has 2 heterocycles. The van der Waals surface area contributed by atoms with Gasteiger partial charge in [0.2, 0.25) is 15.9 Å². The second kappa shape index (κ2) is 10.5. The maximum absolute atomic E-state index is 12.9. The normalized spacial score (nSPS) is 16.9. The molecular weight excluding hydrogens is 456 g/mol. The number of anilines is 2. The quantitative estimate of drug-likeness (QED) is 0.643. The van der Waals surface area contributed by atoms with Crippen molar-refractivity contribution < 1.29 is 22.7 Å². The van der Waals surface area contributed by atoms with Gasteiger partial charge in [-0.1, -0.05) is 6.07 Å². The predicted octanol–water partition coefficient (Wildman–Crippen LogP) is 2.02. The number of hydrogen-bond donors (Lipinski definition) is 1. The van der Waals surface area contributed by atoms with E-state index in [1.807, 2.05) is 24.3 Å². The SMILES string of the molecule is CN(CC(=O)Nc1ccc(N2CCOCC2)cc1)C(=O)c1cccc(S(=O)(=O)N2CCCC2)c1. The summed E-state index contributed by atoms with van der Waals surface area (Å²) >= 11 is 0. The van der Waals surface area contributed by atoms with Gasteiger partial charge in [-0.15, -0.1) is 0 Å². The summed E-state index contributed by atoms with van der Waals surface area (Å²) in [6.45, 7) is 3.89. The molecule has 2 aromatic rings. The number of benzene rings is 2. The molecule has 182 valence electrons. The standard InChI is InChI=1S/C24H30N4O5S/c1-26(18-23(29)25-20-7-9-21(10-8-20)27-13-15-33-16-14-27)24(30)19-5-4-6-22(17-19)34(31,32)28-11-2-3-12-28/h4-10,17H,2-3,11-16,18H2,1H3,(H,25,29). The van der Waals surface area contributed by atoms with E-state index in [9.17, 15) is 18.0 Å². The largest absolute Gasteiger partial charge is 0.378 e. The lowest BCUT2D eigenvalue weighted by molar-refractivity contribution is -0.116. The van der Waals surface area contributed by atoms with Crippen LogP contribution >= 0.6 is 0 Å². The second-order valence-corrected chi connectivity index (χ2v) is 10.4. The van der Waals surface area contributed by atoms with Crippen LogP contribution in [0.5, 0.6) is 0 Å². The maximum Gasteiger partial charge on any atom is 0.254 e. The number of sulfonamides is 1. The molecule has 34 heavy (non-hydrogen) atoms. The average Bonchev–Trinajstić information content (AvgIpc) is 3.41. The van der Waals surface area contributed by atoms with E-state index in [1.54, 1.807) is 12.1 Å². The summed E-state index contributed by atoms with van der Waals surface area (Å²) in [5, 5.41) is 2.80. The third-order valence-corrected chi connectivity index (χ3v) is 7.93. The number of hydrogen-bond acceptors (Lipinski definition) is 6. The van der Waals surface area contributed by atoms with Crippen LogP contribution in [0.15, 0.2) is 53.4 Å². The molecule has 2 aliphatic rings. The smallest absolute Gasteiger partial charge is 0.254 e. The number of carbonyl (C=O) groups excluding carboxylic acids is 2. The fraction of sp³-hybridized carbons (Fsp3) is 0.417. The molecule has 2 fully saturated rings. The fourth-order valence-corrected chi connectivity index (χ4v) is 5.72. The minimum atomic E-state index is -3.62. The first-order valence-corrected chi connectivity index (χ1v) is 12.9. The summed E-state index contributed by atoms with van der Waals surface area (Å²) in [5.41, 5.74) is 1.93. The molecule has 9 nitrogen and oxygen atoms in total.